The molecule has 0 bridgehead atoms. The van der Waals surface area contributed by atoms with E-state index >= 15 is 0 Å². The molecule has 78 valence electrons. The van der Waals surface area contributed by atoms with E-state index in [1.807, 2.05) is 4.57 Å². The van der Waals surface area contributed by atoms with Crippen molar-refractivity contribution in [1.82, 2.24) is 14.8 Å². The Bertz CT molecular complexity index is 379. The van der Waals surface area contributed by atoms with Crippen LogP contribution in [0.15, 0.2) is 0 Å². The van der Waals surface area contributed by atoms with Crippen LogP contribution in [-0.4, -0.2) is 28.5 Å². The van der Waals surface area contributed by atoms with Gasteiger partial charge in [0.2, 0.25) is 5.95 Å². The minimum Gasteiger partial charge on any atom is -0.382 e. The topological polar surface area (TPSA) is 68.9 Å². The summed E-state index contributed by atoms with van der Waals surface area (Å²) in [7, 11) is 1.69. The molecule has 0 radical (unpaired) electrons. The highest BCUT2D eigenvalue weighted by Gasteiger charge is 2.40. The second-order valence-electron chi connectivity index (χ2n) is 3.73. The standard InChI is InChI=1S/C8H14N4OS/c1-13-5-8(3-2-4-8)12-6(9)10-11-7(12)14/h2-5H2,1H3,(H2,9,10)(H,11,14). The maximum absolute atomic E-state index is 5.77. The number of nitrogen functional groups attached to an aromatic ring is 1. The van der Waals surface area contributed by atoms with Crippen molar-refractivity contribution in [2.24, 2.45) is 0 Å². The average Bonchev–Trinajstić information content (AvgIpc) is 2.41. The number of anilines is 1. The van der Waals surface area contributed by atoms with E-state index in [1.54, 1.807) is 7.11 Å². The van der Waals surface area contributed by atoms with Crippen LogP contribution in [0.3, 0.4) is 0 Å². The zero-order valence-corrected chi connectivity index (χ0v) is 8.93. The molecule has 3 N–H and O–H groups in total. The molecule has 0 aromatic carbocycles. The summed E-state index contributed by atoms with van der Waals surface area (Å²) < 4.78 is 7.69. The predicted molar refractivity (Wildman–Crippen MR) is 55.5 cm³/mol. The lowest BCUT2D eigenvalue weighted by atomic mass is 9.77. The van der Waals surface area contributed by atoms with Crippen molar-refractivity contribution in [3.05, 3.63) is 4.77 Å². The second-order valence-corrected chi connectivity index (χ2v) is 4.12. The Kier molecular flexibility index (Phi) is 2.32. The van der Waals surface area contributed by atoms with Gasteiger partial charge in [-0.25, -0.2) is 5.10 Å². The summed E-state index contributed by atoms with van der Waals surface area (Å²) in [5.41, 5.74) is 5.71. The molecular formula is C8H14N4OS. The molecule has 14 heavy (non-hydrogen) atoms. The van der Waals surface area contributed by atoms with Crippen molar-refractivity contribution in [1.29, 1.82) is 0 Å². The van der Waals surface area contributed by atoms with Gasteiger partial charge in [-0.1, -0.05) is 0 Å². The first kappa shape index (κ1) is 9.67. The molecule has 6 heteroatoms. The lowest BCUT2D eigenvalue weighted by Crippen LogP contribution is -2.45. The molecule has 1 aliphatic carbocycles. The number of hydrogen-bond acceptors (Lipinski definition) is 4. The van der Waals surface area contributed by atoms with Gasteiger partial charge in [0.25, 0.3) is 0 Å². The third-order valence-corrected chi connectivity index (χ3v) is 3.14. The summed E-state index contributed by atoms with van der Waals surface area (Å²) in [5, 5.41) is 6.62. The van der Waals surface area contributed by atoms with Gasteiger partial charge in [0, 0.05) is 7.11 Å². The van der Waals surface area contributed by atoms with Crippen LogP contribution in [0.25, 0.3) is 0 Å². The smallest absolute Gasteiger partial charge is 0.221 e. The van der Waals surface area contributed by atoms with Gasteiger partial charge in [-0.15, -0.1) is 5.10 Å². The lowest BCUT2D eigenvalue weighted by Gasteiger charge is -2.42. The first-order chi connectivity index (χ1) is 6.69. The SMILES string of the molecule is COCC1(n2c(N)n[nH]c2=S)CCC1. The molecule has 1 saturated carbocycles. The number of rotatable bonds is 3. The normalized spacial score (nSPS) is 19.2. The summed E-state index contributed by atoms with van der Waals surface area (Å²) in [5.74, 6) is 0.451. The molecule has 1 aromatic rings. The molecule has 1 heterocycles. The van der Waals surface area contributed by atoms with Gasteiger partial charge >= 0.3 is 0 Å². The Morgan fingerprint density at radius 3 is 2.79 bits per heavy atom. The van der Waals surface area contributed by atoms with Crippen LogP contribution >= 0.6 is 12.2 Å². The Morgan fingerprint density at radius 1 is 1.71 bits per heavy atom. The van der Waals surface area contributed by atoms with Crippen LogP contribution in [0.4, 0.5) is 5.95 Å². The summed E-state index contributed by atoms with van der Waals surface area (Å²) in [6, 6.07) is 0. The fraction of sp³-hybridized carbons (Fsp3) is 0.750. The number of nitrogens with zero attached hydrogens (tertiary/aromatic N) is 2. The maximum Gasteiger partial charge on any atom is 0.221 e. The monoisotopic (exact) mass is 214 g/mol. The van der Waals surface area contributed by atoms with Crippen LogP contribution in [0.5, 0.6) is 0 Å². The summed E-state index contributed by atoms with van der Waals surface area (Å²) >= 11 is 5.14. The van der Waals surface area contributed by atoms with Gasteiger partial charge < -0.3 is 10.5 Å². The Labute approximate surface area is 87.3 Å². The number of nitrogens with two attached hydrogens (primary N) is 1. The fourth-order valence-corrected chi connectivity index (χ4v) is 2.39. The number of H-pyrrole nitrogens is 1. The minimum atomic E-state index is -0.0527. The number of aromatic nitrogens is 3. The summed E-state index contributed by atoms with van der Waals surface area (Å²) in [4.78, 5) is 0. The number of hydrogen-bond donors (Lipinski definition) is 2. The van der Waals surface area contributed by atoms with E-state index < -0.39 is 0 Å². The van der Waals surface area contributed by atoms with Gasteiger partial charge in [0.1, 0.15) is 0 Å². The fourth-order valence-electron chi connectivity index (χ4n) is 2.05. The zero-order chi connectivity index (χ0) is 10.2. The first-order valence-corrected chi connectivity index (χ1v) is 5.03. The third-order valence-electron chi connectivity index (χ3n) is 2.87. The van der Waals surface area contributed by atoms with E-state index in [0.717, 1.165) is 12.8 Å². The second kappa shape index (κ2) is 3.36. The average molecular weight is 214 g/mol. The zero-order valence-electron chi connectivity index (χ0n) is 8.12. The molecule has 1 aliphatic rings. The molecule has 1 fully saturated rings. The van der Waals surface area contributed by atoms with E-state index in [4.69, 9.17) is 22.7 Å². The molecule has 0 aliphatic heterocycles. The van der Waals surface area contributed by atoms with E-state index in [2.05, 4.69) is 10.2 Å². The van der Waals surface area contributed by atoms with Gasteiger partial charge in [-0.2, -0.15) is 0 Å². The van der Waals surface area contributed by atoms with Crippen LogP contribution in [0.2, 0.25) is 0 Å². The van der Waals surface area contributed by atoms with Crippen molar-refractivity contribution in [2.75, 3.05) is 19.5 Å². The molecule has 1 aromatic heterocycles. The molecular weight excluding hydrogens is 200 g/mol. The number of aromatic amines is 1. The first-order valence-electron chi connectivity index (χ1n) is 4.62. The van der Waals surface area contributed by atoms with E-state index in [0.29, 0.717) is 17.3 Å². The molecule has 5 nitrogen and oxygen atoms in total. The summed E-state index contributed by atoms with van der Waals surface area (Å²) in [6.45, 7) is 0.644. The Hall–Kier alpha value is -0.880. The van der Waals surface area contributed by atoms with Gasteiger partial charge in [-0.05, 0) is 31.5 Å². The number of nitrogens with one attached hydrogen (secondary N) is 1. The predicted octanol–water partition coefficient (Wildman–Crippen LogP) is 1.05. The molecule has 0 spiro atoms. The van der Waals surface area contributed by atoms with Crippen molar-refractivity contribution < 1.29 is 4.74 Å². The maximum atomic E-state index is 5.77. The van der Waals surface area contributed by atoms with Crippen molar-refractivity contribution in [3.63, 3.8) is 0 Å². The quantitative estimate of drug-likeness (QED) is 0.738. The minimum absolute atomic E-state index is 0.0527. The lowest BCUT2D eigenvalue weighted by molar-refractivity contribution is 0.0278. The van der Waals surface area contributed by atoms with Crippen LogP contribution in [-0.2, 0) is 10.3 Å². The van der Waals surface area contributed by atoms with E-state index in [9.17, 15) is 0 Å². The van der Waals surface area contributed by atoms with Crippen LogP contribution in [0, 0.1) is 4.77 Å². The van der Waals surface area contributed by atoms with E-state index in [-0.39, 0.29) is 5.54 Å². The van der Waals surface area contributed by atoms with Crippen LogP contribution in [0.1, 0.15) is 19.3 Å². The van der Waals surface area contributed by atoms with Gasteiger partial charge in [0.05, 0.1) is 12.1 Å². The summed E-state index contributed by atoms with van der Waals surface area (Å²) in [6.07, 6.45) is 3.30. The Balaban J connectivity index is 2.41. The van der Waals surface area contributed by atoms with Crippen molar-refractivity contribution >= 4 is 18.2 Å². The van der Waals surface area contributed by atoms with E-state index in [1.165, 1.54) is 6.42 Å². The highest BCUT2D eigenvalue weighted by atomic mass is 32.1. The van der Waals surface area contributed by atoms with Crippen molar-refractivity contribution in [2.45, 2.75) is 24.8 Å². The number of methoxy groups -OCH3 is 1. The molecule has 0 unspecified atom stereocenters. The molecule has 2 rings (SSSR count). The third kappa shape index (κ3) is 1.26. The highest BCUT2D eigenvalue weighted by molar-refractivity contribution is 7.71. The van der Waals surface area contributed by atoms with Crippen molar-refractivity contribution in [3.8, 4) is 0 Å². The Morgan fingerprint density at radius 2 is 2.43 bits per heavy atom. The molecule has 0 amide bonds. The number of ether oxygens (including phenoxy) is 1. The highest BCUT2D eigenvalue weighted by Crippen LogP contribution is 2.40. The molecule has 0 saturated heterocycles. The van der Waals surface area contributed by atoms with Crippen LogP contribution < -0.4 is 5.73 Å². The van der Waals surface area contributed by atoms with Gasteiger partial charge in [-0.3, -0.25) is 4.57 Å². The molecule has 0 atom stereocenters. The van der Waals surface area contributed by atoms with Gasteiger partial charge in [0.15, 0.2) is 4.77 Å². The largest absolute Gasteiger partial charge is 0.382 e.